The summed E-state index contributed by atoms with van der Waals surface area (Å²) in [5.74, 6) is 1.94. The van der Waals surface area contributed by atoms with Crippen LogP contribution in [0.1, 0.15) is 23.1 Å². The first-order valence-corrected chi connectivity index (χ1v) is 7.32. The molecule has 98 valence electrons. The molecule has 0 saturated carbocycles. The summed E-state index contributed by atoms with van der Waals surface area (Å²) in [6, 6.07) is 11.9. The van der Waals surface area contributed by atoms with Crippen molar-refractivity contribution in [3.63, 3.8) is 0 Å². The lowest BCUT2D eigenvalue weighted by molar-refractivity contribution is 0.478. The number of aryl methyl sites for hydroxylation is 2. The van der Waals surface area contributed by atoms with Gasteiger partial charge in [0.15, 0.2) is 0 Å². The molecular formula is C16H14Cl2O. The molecule has 0 fully saturated rings. The van der Waals surface area contributed by atoms with Crippen LogP contribution in [0.15, 0.2) is 36.4 Å². The van der Waals surface area contributed by atoms with Gasteiger partial charge >= 0.3 is 0 Å². The van der Waals surface area contributed by atoms with E-state index in [2.05, 4.69) is 12.1 Å². The van der Waals surface area contributed by atoms with E-state index in [0.29, 0.717) is 10.9 Å². The highest BCUT2D eigenvalue weighted by molar-refractivity contribution is 6.32. The van der Waals surface area contributed by atoms with Crippen molar-refractivity contribution in [2.75, 3.05) is 0 Å². The molecule has 0 heterocycles. The van der Waals surface area contributed by atoms with Gasteiger partial charge in [0, 0.05) is 10.6 Å². The molecule has 2 aromatic carbocycles. The summed E-state index contributed by atoms with van der Waals surface area (Å²) >= 11 is 12.1. The maximum Gasteiger partial charge on any atom is 0.133 e. The number of hydrogen-bond acceptors (Lipinski definition) is 1. The molecule has 0 bridgehead atoms. The van der Waals surface area contributed by atoms with Crippen molar-refractivity contribution in [3.05, 3.63) is 58.1 Å². The van der Waals surface area contributed by atoms with Crippen molar-refractivity contribution in [2.45, 2.75) is 25.1 Å². The quantitative estimate of drug-likeness (QED) is 0.692. The number of hydrogen-bond donors (Lipinski definition) is 0. The predicted molar refractivity (Wildman–Crippen MR) is 79.6 cm³/mol. The maximum atomic E-state index is 6.13. The van der Waals surface area contributed by atoms with Crippen molar-refractivity contribution < 1.29 is 4.74 Å². The highest BCUT2D eigenvalue weighted by atomic mass is 35.5. The molecule has 0 amide bonds. The molecule has 0 aliphatic heterocycles. The van der Waals surface area contributed by atoms with E-state index in [1.54, 1.807) is 0 Å². The summed E-state index contributed by atoms with van der Waals surface area (Å²) in [6.45, 7) is 0. The Balaban J connectivity index is 1.91. The van der Waals surface area contributed by atoms with E-state index in [1.807, 2.05) is 24.3 Å². The van der Waals surface area contributed by atoms with Gasteiger partial charge in [-0.15, -0.1) is 11.6 Å². The summed E-state index contributed by atoms with van der Waals surface area (Å²) in [6.07, 6.45) is 3.56. The minimum atomic E-state index is 0.347. The first-order valence-electron chi connectivity index (χ1n) is 6.41. The van der Waals surface area contributed by atoms with Crippen molar-refractivity contribution in [1.29, 1.82) is 0 Å². The molecule has 0 N–H and O–H groups in total. The standard InChI is InChI=1S/C16H14Cl2O/c17-10-14-15(18)5-2-6-16(14)19-13-8-7-11-3-1-4-12(11)9-13/h2,5-9H,1,3-4,10H2. The van der Waals surface area contributed by atoms with Crippen molar-refractivity contribution in [2.24, 2.45) is 0 Å². The second-order valence-corrected chi connectivity index (χ2v) is 5.41. The zero-order valence-corrected chi connectivity index (χ0v) is 12.0. The predicted octanol–water partition coefficient (Wildman–Crippen LogP) is 5.36. The van der Waals surface area contributed by atoms with Crippen molar-refractivity contribution >= 4 is 23.2 Å². The fourth-order valence-corrected chi connectivity index (χ4v) is 3.08. The van der Waals surface area contributed by atoms with E-state index in [4.69, 9.17) is 27.9 Å². The fraction of sp³-hybridized carbons (Fsp3) is 0.250. The van der Waals surface area contributed by atoms with Crippen LogP contribution < -0.4 is 4.74 Å². The Kier molecular flexibility index (Phi) is 3.67. The number of halogens is 2. The second kappa shape index (κ2) is 5.44. The zero-order chi connectivity index (χ0) is 13.2. The minimum absolute atomic E-state index is 0.347. The Labute approximate surface area is 123 Å². The van der Waals surface area contributed by atoms with Crippen LogP contribution in [-0.4, -0.2) is 0 Å². The molecule has 0 aromatic heterocycles. The van der Waals surface area contributed by atoms with Gasteiger partial charge in [-0.25, -0.2) is 0 Å². The molecule has 0 atom stereocenters. The summed E-state index contributed by atoms with van der Waals surface area (Å²) in [7, 11) is 0. The highest BCUT2D eigenvalue weighted by Gasteiger charge is 2.13. The minimum Gasteiger partial charge on any atom is -0.457 e. The van der Waals surface area contributed by atoms with Crippen molar-refractivity contribution in [3.8, 4) is 11.5 Å². The molecule has 2 aromatic rings. The molecule has 0 unspecified atom stereocenters. The van der Waals surface area contributed by atoms with Gasteiger partial charge in [-0.05, 0) is 54.7 Å². The molecule has 1 nitrogen and oxygen atoms in total. The number of fused-ring (bicyclic) bond motifs is 1. The average molecular weight is 293 g/mol. The molecule has 0 saturated heterocycles. The van der Waals surface area contributed by atoms with Crippen molar-refractivity contribution in [1.82, 2.24) is 0 Å². The van der Waals surface area contributed by atoms with Gasteiger partial charge in [-0.3, -0.25) is 0 Å². The highest BCUT2D eigenvalue weighted by Crippen LogP contribution is 2.33. The van der Waals surface area contributed by atoms with Crippen LogP contribution in [0.4, 0.5) is 0 Å². The Morgan fingerprint density at radius 2 is 1.89 bits per heavy atom. The summed E-state index contributed by atoms with van der Waals surface area (Å²) in [5, 5.41) is 0.647. The number of ether oxygens (including phenoxy) is 1. The summed E-state index contributed by atoms with van der Waals surface area (Å²) in [4.78, 5) is 0. The van der Waals surface area contributed by atoms with Gasteiger partial charge in [0.05, 0.1) is 5.88 Å². The number of rotatable bonds is 3. The van der Waals surface area contributed by atoms with Gasteiger partial charge in [0.2, 0.25) is 0 Å². The third kappa shape index (κ3) is 2.58. The van der Waals surface area contributed by atoms with Crippen LogP contribution in [0.2, 0.25) is 5.02 Å². The molecule has 1 aliphatic carbocycles. The third-order valence-electron chi connectivity index (χ3n) is 3.51. The van der Waals surface area contributed by atoms with Gasteiger partial charge in [-0.2, -0.15) is 0 Å². The lowest BCUT2D eigenvalue weighted by Crippen LogP contribution is -1.92. The Morgan fingerprint density at radius 1 is 1.05 bits per heavy atom. The third-order valence-corrected chi connectivity index (χ3v) is 4.13. The number of alkyl halides is 1. The second-order valence-electron chi connectivity index (χ2n) is 4.74. The average Bonchev–Trinajstić information content (AvgIpc) is 2.86. The largest absolute Gasteiger partial charge is 0.457 e. The van der Waals surface area contributed by atoms with Crippen LogP contribution in [0.25, 0.3) is 0 Å². The van der Waals surface area contributed by atoms with Gasteiger partial charge in [0.25, 0.3) is 0 Å². The molecule has 1 aliphatic rings. The Bertz CT molecular complexity index is 608. The monoisotopic (exact) mass is 292 g/mol. The molecule has 0 spiro atoms. The van der Waals surface area contributed by atoms with E-state index in [1.165, 1.54) is 24.0 Å². The Morgan fingerprint density at radius 3 is 2.74 bits per heavy atom. The van der Waals surface area contributed by atoms with E-state index in [-0.39, 0.29) is 0 Å². The van der Waals surface area contributed by atoms with Crippen LogP contribution in [0.5, 0.6) is 11.5 Å². The van der Waals surface area contributed by atoms with E-state index < -0.39 is 0 Å². The summed E-state index contributed by atoms with van der Waals surface area (Å²) < 4.78 is 5.94. The van der Waals surface area contributed by atoms with E-state index in [0.717, 1.165) is 23.5 Å². The lowest BCUT2D eigenvalue weighted by atomic mass is 10.1. The van der Waals surface area contributed by atoms with Crippen LogP contribution in [0.3, 0.4) is 0 Å². The normalized spacial score (nSPS) is 13.4. The SMILES string of the molecule is ClCc1c(Cl)cccc1Oc1ccc2c(c1)CCC2. The molecule has 3 heteroatoms. The van der Waals surface area contributed by atoms with Crippen LogP contribution >= 0.6 is 23.2 Å². The first-order chi connectivity index (χ1) is 9.28. The fourth-order valence-electron chi connectivity index (χ4n) is 2.50. The maximum absolute atomic E-state index is 6.13. The van der Waals surface area contributed by atoms with Gasteiger partial charge in [0.1, 0.15) is 11.5 Å². The number of benzene rings is 2. The molecule has 3 rings (SSSR count). The van der Waals surface area contributed by atoms with Crippen LogP contribution in [-0.2, 0) is 18.7 Å². The molecule has 0 radical (unpaired) electrons. The topological polar surface area (TPSA) is 9.23 Å². The molecular weight excluding hydrogens is 279 g/mol. The summed E-state index contributed by atoms with van der Waals surface area (Å²) in [5.41, 5.74) is 3.68. The Hall–Kier alpha value is -1.18. The zero-order valence-electron chi connectivity index (χ0n) is 10.5. The van der Waals surface area contributed by atoms with Gasteiger partial charge < -0.3 is 4.74 Å². The first kappa shape index (κ1) is 12.8. The van der Waals surface area contributed by atoms with Crippen LogP contribution in [0, 0.1) is 0 Å². The molecule has 19 heavy (non-hydrogen) atoms. The van der Waals surface area contributed by atoms with E-state index >= 15 is 0 Å². The van der Waals surface area contributed by atoms with Gasteiger partial charge in [-0.1, -0.05) is 23.7 Å². The smallest absolute Gasteiger partial charge is 0.133 e. The lowest BCUT2D eigenvalue weighted by Gasteiger charge is -2.12. The van der Waals surface area contributed by atoms with E-state index in [9.17, 15) is 0 Å².